The summed E-state index contributed by atoms with van der Waals surface area (Å²) in [4.78, 5) is 8.43. The highest BCUT2D eigenvalue weighted by Crippen LogP contribution is 2.31. The largest absolute Gasteiger partial charge is 0.504 e. The van der Waals surface area contributed by atoms with E-state index in [1.54, 1.807) is 18.3 Å². The molecule has 0 radical (unpaired) electrons. The van der Waals surface area contributed by atoms with Gasteiger partial charge in [-0.25, -0.2) is 15.4 Å². The van der Waals surface area contributed by atoms with E-state index in [4.69, 9.17) is 4.74 Å². The Hall–Kier alpha value is -2.15. The number of halogens is 1. The van der Waals surface area contributed by atoms with Crippen molar-refractivity contribution >= 4 is 28.1 Å². The first kappa shape index (κ1) is 15.2. The quantitative estimate of drug-likeness (QED) is 0.654. The lowest BCUT2D eigenvalue weighted by atomic mass is 10.2. The van der Waals surface area contributed by atoms with Crippen molar-refractivity contribution in [3.63, 3.8) is 0 Å². The van der Waals surface area contributed by atoms with E-state index >= 15 is 0 Å². The average Bonchev–Trinajstić information content (AvgIpc) is 2.41. The van der Waals surface area contributed by atoms with E-state index in [-0.39, 0.29) is 5.75 Å². The van der Waals surface area contributed by atoms with Gasteiger partial charge in [0.15, 0.2) is 11.5 Å². The number of aromatic hydroxyl groups is 1. The molecule has 0 saturated carbocycles. The van der Waals surface area contributed by atoms with Crippen LogP contribution in [0.15, 0.2) is 27.8 Å². The van der Waals surface area contributed by atoms with E-state index in [1.807, 2.05) is 19.9 Å². The maximum absolute atomic E-state index is 9.75. The minimum atomic E-state index is 0.0461. The molecule has 2 N–H and O–H groups in total. The van der Waals surface area contributed by atoms with Crippen LogP contribution in [0.25, 0.3) is 0 Å². The van der Waals surface area contributed by atoms with Crippen LogP contribution in [0.2, 0.25) is 0 Å². The summed E-state index contributed by atoms with van der Waals surface area (Å²) in [6.07, 6.45) is 1.56. The third-order valence-electron chi connectivity index (χ3n) is 2.65. The Morgan fingerprint density at radius 2 is 1.90 bits per heavy atom. The summed E-state index contributed by atoms with van der Waals surface area (Å²) in [6, 6.07) is 5.10. The second-order valence-corrected chi connectivity index (χ2v) is 5.24. The molecular weight excluding hydrogens is 336 g/mol. The molecule has 21 heavy (non-hydrogen) atoms. The van der Waals surface area contributed by atoms with E-state index in [1.165, 1.54) is 7.11 Å². The van der Waals surface area contributed by atoms with E-state index < -0.39 is 0 Å². The van der Waals surface area contributed by atoms with Gasteiger partial charge in [-0.1, -0.05) is 0 Å². The van der Waals surface area contributed by atoms with Crippen molar-refractivity contribution in [1.82, 2.24) is 9.97 Å². The Bertz CT molecular complexity index is 669. The lowest BCUT2D eigenvalue weighted by Gasteiger charge is -2.06. The van der Waals surface area contributed by atoms with Crippen LogP contribution >= 0.6 is 15.9 Å². The number of ether oxygens (including phenoxy) is 1. The van der Waals surface area contributed by atoms with Crippen molar-refractivity contribution < 1.29 is 9.84 Å². The lowest BCUT2D eigenvalue weighted by Crippen LogP contribution is -2.00. The van der Waals surface area contributed by atoms with Crippen LogP contribution in [0, 0.1) is 13.8 Å². The molecule has 2 aromatic rings. The van der Waals surface area contributed by atoms with E-state index in [9.17, 15) is 5.11 Å². The Kier molecular flexibility index (Phi) is 4.74. The number of hydrogen-bond donors (Lipinski definition) is 2. The molecule has 0 unspecified atom stereocenters. The molecule has 0 aliphatic carbocycles. The number of nitrogens with zero attached hydrogens (tertiary/aromatic N) is 3. The fraction of sp³-hybridized carbons (Fsp3) is 0.214. The predicted molar refractivity (Wildman–Crippen MR) is 85.1 cm³/mol. The summed E-state index contributed by atoms with van der Waals surface area (Å²) in [5, 5.41) is 13.8. The highest BCUT2D eigenvalue weighted by atomic mass is 79.9. The van der Waals surface area contributed by atoms with Crippen molar-refractivity contribution in [3.05, 3.63) is 39.6 Å². The minimum Gasteiger partial charge on any atom is -0.504 e. The van der Waals surface area contributed by atoms with Crippen molar-refractivity contribution in [3.8, 4) is 11.5 Å². The highest BCUT2D eigenvalue weighted by molar-refractivity contribution is 9.10. The smallest absolute Gasteiger partial charge is 0.243 e. The number of phenolic OH excluding ortho intramolecular Hbond substituents is 1. The molecular formula is C14H15BrN4O2. The van der Waals surface area contributed by atoms with Crippen molar-refractivity contribution in [1.29, 1.82) is 0 Å². The molecule has 0 amide bonds. The van der Waals surface area contributed by atoms with Crippen molar-refractivity contribution in [2.24, 2.45) is 5.10 Å². The first-order valence-corrected chi connectivity index (χ1v) is 6.96. The fourth-order valence-corrected chi connectivity index (χ4v) is 2.18. The molecule has 110 valence electrons. The number of hydrogen-bond acceptors (Lipinski definition) is 6. The van der Waals surface area contributed by atoms with Crippen LogP contribution in [0.3, 0.4) is 0 Å². The molecule has 0 aliphatic rings. The van der Waals surface area contributed by atoms with Gasteiger partial charge in [0.25, 0.3) is 0 Å². The Morgan fingerprint density at radius 1 is 1.24 bits per heavy atom. The maximum atomic E-state index is 9.75. The first-order valence-electron chi connectivity index (χ1n) is 6.17. The van der Waals surface area contributed by atoms with Gasteiger partial charge in [0.2, 0.25) is 5.95 Å². The predicted octanol–water partition coefficient (Wildman–Crippen LogP) is 3.02. The molecule has 0 saturated heterocycles. The zero-order valence-corrected chi connectivity index (χ0v) is 13.5. The van der Waals surface area contributed by atoms with Gasteiger partial charge in [0, 0.05) is 21.4 Å². The minimum absolute atomic E-state index is 0.0461. The Balaban J connectivity index is 2.16. The zero-order chi connectivity index (χ0) is 15.4. The van der Waals surface area contributed by atoms with Crippen LogP contribution in [0.1, 0.15) is 17.0 Å². The Labute approximate surface area is 131 Å². The molecule has 1 heterocycles. The third kappa shape index (κ3) is 3.91. The number of anilines is 1. The molecule has 0 aliphatic heterocycles. The SMILES string of the molecule is COc1cc(Br)c(/C=N\Nc2nc(C)cc(C)n2)cc1O. The molecule has 0 bridgehead atoms. The standard InChI is InChI=1S/C14H15BrN4O2/c1-8-4-9(2)18-14(17-8)19-16-7-10-5-12(20)13(21-3)6-11(10)15/h4-7,20H,1-3H3,(H,17,18,19)/b16-7-. The summed E-state index contributed by atoms with van der Waals surface area (Å²) in [7, 11) is 1.49. The molecule has 0 atom stereocenters. The second kappa shape index (κ2) is 6.53. The van der Waals surface area contributed by atoms with Gasteiger partial charge >= 0.3 is 0 Å². The third-order valence-corrected chi connectivity index (χ3v) is 3.34. The van der Waals surface area contributed by atoms with Crippen LogP contribution in [0.4, 0.5) is 5.95 Å². The first-order chi connectivity index (χ1) is 9.99. The van der Waals surface area contributed by atoms with Gasteiger partial charge in [-0.3, -0.25) is 0 Å². The summed E-state index contributed by atoms with van der Waals surface area (Å²) in [6.45, 7) is 3.78. The van der Waals surface area contributed by atoms with Gasteiger partial charge in [0.1, 0.15) is 0 Å². The molecule has 1 aromatic heterocycles. The van der Waals surface area contributed by atoms with Gasteiger partial charge in [0.05, 0.1) is 13.3 Å². The van der Waals surface area contributed by atoms with Crippen LogP contribution in [-0.2, 0) is 0 Å². The topological polar surface area (TPSA) is 79.6 Å². The van der Waals surface area contributed by atoms with E-state index in [2.05, 4.69) is 36.4 Å². The van der Waals surface area contributed by atoms with Gasteiger partial charge in [-0.05, 0) is 48.0 Å². The highest BCUT2D eigenvalue weighted by Gasteiger charge is 2.06. The number of rotatable bonds is 4. The molecule has 0 spiro atoms. The van der Waals surface area contributed by atoms with Crippen LogP contribution < -0.4 is 10.2 Å². The molecule has 7 heteroatoms. The summed E-state index contributed by atoms with van der Waals surface area (Å²) in [5.41, 5.74) is 5.19. The number of hydrazone groups is 1. The van der Waals surface area contributed by atoms with E-state index in [0.29, 0.717) is 17.3 Å². The zero-order valence-electron chi connectivity index (χ0n) is 11.9. The van der Waals surface area contributed by atoms with Gasteiger partial charge in [-0.15, -0.1) is 0 Å². The number of methoxy groups -OCH3 is 1. The average molecular weight is 351 g/mol. The van der Waals surface area contributed by atoms with Crippen LogP contribution in [-0.4, -0.2) is 28.4 Å². The van der Waals surface area contributed by atoms with Gasteiger partial charge in [-0.2, -0.15) is 5.10 Å². The van der Waals surface area contributed by atoms with Crippen molar-refractivity contribution in [2.45, 2.75) is 13.8 Å². The van der Waals surface area contributed by atoms with Crippen LogP contribution in [0.5, 0.6) is 11.5 Å². The fourth-order valence-electron chi connectivity index (χ4n) is 1.76. The molecule has 6 nitrogen and oxygen atoms in total. The van der Waals surface area contributed by atoms with Crippen molar-refractivity contribution in [2.75, 3.05) is 12.5 Å². The number of aromatic nitrogens is 2. The lowest BCUT2D eigenvalue weighted by molar-refractivity contribution is 0.373. The number of aryl methyl sites for hydroxylation is 2. The van der Waals surface area contributed by atoms with Gasteiger partial charge < -0.3 is 9.84 Å². The summed E-state index contributed by atoms with van der Waals surface area (Å²) < 4.78 is 5.77. The normalized spacial score (nSPS) is 10.9. The monoisotopic (exact) mass is 350 g/mol. The maximum Gasteiger partial charge on any atom is 0.243 e. The van der Waals surface area contributed by atoms with E-state index in [0.717, 1.165) is 15.9 Å². The molecule has 0 fully saturated rings. The second-order valence-electron chi connectivity index (χ2n) is 4.39. The Morgan fingerprint density at radius 3 is 2.52 bits per heavy atom. The molecule has 1 aromatic carbocycles. The summed E-state index contributed by atoms with van der Waals surface area (Å²) >= 11 is 3.39. The molecule has 2 rings (SSSR count). The number of phenols is 1. The number of benzene rings is 1. The summed E-state index contributed by atoms with van der Waals surface area (Å²) in [5.74, 6) is 0.868. The number of nitrogens with one attached hydrogen (secondary N) is 1.